The van der Waals surface area contributed by atoms with Gasteiger partial charge in [0, 0.05) is 17.0 Å². The van der Waals surface area contributed by atoms with Crippen LogP contribution in [0.5, 0.6) is 0 Å². The van der Waals surface area contributed by atoms with E-state index in [1.54, 1.807) is 43.3 Å². The van der Waals surface area contributed by atoms with Crippen LogP contribution < -0.4 is 5.32 Å². The van der Waals surface area contributed by atoms with E-state index in [0.717, 1.165) is 17.3 Å². The number of nitrogens with one attached hydrogen (secondary N) is 1. The zero-order valence-electron chi connectivity index (χ0n) is 17.1. The van der Waals surface area contributed by atoms with Gasteiger partial charge in [-0.05, 0) is 36.6 Å². The highest BCUT2D eigenvalue weighted by atomic mass is 32.2. The van der Waals surface area contributed by atoms with Crippen LogP contribution in [0.4, 0.5) is 5.69 Å². The van der Waals surface area contributed by atoms with Crippen molar-refractivity contribution in [3.63, 3.8) is 0 Å². The van der Waals surface area contributed by atoms with Gasteiger partial charge in [-0.3, -0.25) is 9.59 Å². The summed E-state index contributed by atoms with van der Waals surface area (Å²) in [6.45, 7) is 1.67. The molecule has 0 aliphatic rings. The molecule has 0 heterocycles. The fourth-order valence-electron chi connectivity index (χ4n) is 3.20. The Labute approximate surface area is 185 Å². The van der Waals surface area contributed by atoms with Gasteiger partial charge < -0.3 is 10.4 Å². The summed E-state index contributed by atoms with van der Waals surface area (Å²) in [5, 5.41) is 12.1. The lowest BCUT2D eigenvalue weighted by Gasteiger charge is -2.18. The lowest BCUT2D eigenvalue weighted by atomic mass is 9.99. The summed E-state index contributed by atoms with van der Waals surface area (Å²) in [6, 6.07) is 23.4. The predicted octanol–water partition coefficient (Wildman–Crippen LogP) is 5.06. The van der Waals surface area contributed by atoms with Crippen LogP contribution in [0, 0.1) is 12.8 Å². The van der Waals surface area contributed by atoms with E-state index in [0.29, 0.717) is 29.0 Å². The number of hydrogen-bond donors (Lipinski definition) is 2. The lowest BCUT2D eigenvalue weighted by Crippen LogP contribution is -2.27. The molecule has 0 aliphatic carbocycles. The topological polar surface area (TPSA) is 83.5 Å². The Hall–Kier alpha value is -3.38. The van der Waals surface area contributed by atoms with E-state index >= 15 is 0 Å². The van der Waals surface area contributed by atoms with E-state index in [-0.39, 0.29) is 16.6 Å². The third-order valence-electron chi connectivity index (χ3n) is 4.94. The molecule has 158 valence electrons. The number of benzene rings is 3. The van der Waals surface area contributed by atoms with E-state index in [2.05, 4.69) is 5.32 Å². The Morgan fingerprint density at radius 2 is 1.55 bits per heavy atom. The van der Waals surface area contributed by atoms with Gasteiger partial charge in [0.2, 0.25) is 11.0 Å². The molecule has 5 nitrogen and oxygen atoms in total. The van der Waals surface area contributed by atoms with Gasteiger partial charge in [0.25, 0.3) is 0 Å². The first-order chi connectivity index (χ1) is 15.0. The number of carbonyl (C=O) groups excluding carboxylic acids is 2. The second-order valence-electron chi connectivity index (χ2n) is 7.12. The number of rotatable bonds is 8. The van der Waals surface area contributed by atoms with E-state index in [9.17, 15) is 19.5 Å². The molecule has 0 saturated heterocycles. The Kier molecular flexibility index (Phi) is 7.62. The van der Waals surface area contributed by atoms with Gasteiger partial charge in [0.1, 0.15) is 0 Å². The zero-order chi connectivity index (χ0) is 22.2. The standard InChI is InChI=1S/C25H23NO4S/c1-17-21(24(28)29)13-8-14-22(17)26-23(27)20(15-18-9-4-2-5-10-18)16-31-25(30)19-11-6-3-7-12-19/h2-14,20H,15-16H2,1H3,(H,26,27)(H,28,29). The molecule has 6 heteroatoms. The summed E-state index contributed by atoms with van der Waals surface area (Å²) in [4.78, 5) is 37.0. The number of carbonyl (C=O) groups is 3. The molecule has 0 fully saturated rings. The number of aromatic carboxylic acids is 1. The predicted molar refractivity (Wildman–Crippen MR) is 124 cm³/mol. The SMILES string of the molecule is Cc1c(NC(=O)C(CSC(=O)c2ccccc2)Cc2ccccc2)cccc1C(=O)O. The summed E-state index contributed by atoms with van der Waals surface area (Å²) in [5.74, 6) is -1.44. The van der Waals surface area contributed by atoms with Crippen molar-refractivity contribution in [2.24, 2.45) is 5.92 Å². The average molecular weight is 434 g/mol. The Balaban J connectivity index is 1.77. The van der Waals surface area contributed by atoms with Crippen molar-refractivity contribution in [3.05, 3.63) is 101 Å². The van der Waals surface area contributed by atoms with Crippen LogP contribution in [0.15, 0.2) is 78.9 Å². The number of amides is 1. The highest BCUT2D eigenvalue weighted by Crippen LogP contribution is 2.23. The van der Waals surface area contributed by atoms with Crippen LogP contribution in [-0.2, 0) is 11.2 Å². The Morgan fingerprint density at radius 1 is 0.903 bits per heavy atom. The highest BCUT2D eigenvalue weighted by Gasteiger charge is 2.22. The number of carboxylic acid groups (broad SMARTS) is 1. The fraction of sp³-hybridized carbons (Fsp3) is 0.160. The molecule has 31 heavy (non-hydrogen) atoms. The van der Waals surface area contributed by atoms with Gasteiger partial charge in [-0.25, -0.2) is 4.79 Å². The van der Waals surface area contributed by atoms with Gasteiger partial charge >= 0.3 is 5.97 Å². The fourth-order valence-corrected chi connectivity index (χ4v) is 4.12. The quantitative estimate of drug-likeness (QED) is 0.519. The molecule has 3 aromatic carbocycles. The Bertz CT molecular complexity index is 1070. The van der Waals surface area contributed by atoms with Gasteiger partial charge in [0.15, 0.2) is 0 Å². The van der Waals surface area contributed by atoms with Crippen LogP contribution in [-0.4, -0.2) is 27.9 Å². The highest BCUT2D eigenvalue weighted by molar-refractivity contribution is 8.14. The first kappa shape index (κ1) is 22.3. The largest absolute Gasteiger partial charge is 0.478 e. The van der Waals surface area contributed by atoms with Crippen molar-refractivity contribution in [2.75, 3.05) is 11.1 Å². The van der Waals surface area contributed by atoms with E-state index in [1.165, 1.54) is 6.07 Å². The monoisotopic (exact) mass is 433 g/mol. The van der Waals surface area contributed by atoms with Crippen LogP contribution >= 0.6 is 11.8 Å². The van der Waals surface area contributed by atoms with Crippen molar-refractivity contribution < 1.29 is 19.5 Å². The number of thioether (sulfide) groups is 1. The summed E-state index contributed by atoms with van der Waals surface area (Å²) >= 11 is 1.11. The summed E-state index contributed by atoms with van der Waals surface area (Å²) in [5.41, 5.74) is 2.69. The number of anilines is 1. The van der Waals surface area contributed by atoms with Crippen LogP contribution in [0.3, 0.4) is 0 Å². The van der Waals surface area contributed by atoms with Gasteiger partial charge in [0.05, 0.1) is 11.5 Å². The first-order valence-corrected chi connectivity index (χ1v) is 10.8. The van der Waals surface area contributed by atoms with Crippen molar-refractivity contribution in [3.8, 4) is 0 Å². The van der Waals surface area contributed by atoms with Gasteiger partial charge in [-0.2, -0.15) is 0 Å². The summed E-state index contributed by atoms with van der Waals surface area (Å²) in [7, 11) is 0. The molecule has 3 aromatic rings. The molecule has 0 spiro atoms. The summed E-state index contributed by atoms with van der Waals surface area (Å²) in [6.07, 6.45) is 0.472. The second-order valence-corrected chi connectivity index (χ2v) is 8.12. The van der Waals surface area contributed by atoms with E-state index in [4.69, 9.17) is 0 Å². The second kappa shape index (κ2) is 10.6. The molecule has 1 atom stereocenters. The lowest BCUT2D eigenvalue weighted by molar-refractivity contribution is -0.119. The molecule has 3 rings (SSSR count). The van der Waals surface area contributed by atoms with Crippen molar-refractivity contribution in [2.45, 2.75) is 13.3 Å². The van der Waals surface area contributed by atoms with Crippen LogP contribution in [0.1, 0.15) is 31.8 Å². The molecule has 0 radical (unpaired) electrons. The molecule has 0 saturated carbocycles. The summed E-state index contributed by atoms with van der Waals surface area (Å²) < 4.78 is 0. The maximum atomic E-state index is 13.1. The average Bonchev–Trinajstić information content (AvgIpc) is 2.78. The molecule has 1 unspecified atom stereocenters. The van der Waals surface area contributed by atoms with Crippen molar-refractivity contribution in [1.29, 1.82) is 0 Å². The zero-order valence-corrected chi connectivity index (χ0v) is 17.9. The van der Waals surface area contributed by atoms with Gasteiger partial charge in [-0.15, -0.1) is 0 Å². The smallest absolute Gasteiger partial charge is 0.336 e. The maximum absolute atomic E-state index is 13.1. The Morgan fingerprint density at radius 3 is 2.19 bits per heavy atom. The first-order valence-electron chi connectivity index (χ1n) is 9.85. The molecule has 2 N–H and O–H groups in total. The molecular weight excluding hydrogens is 410 g/mol. The molecular formula is C25H23NO4S. The minimum Gasteiger partial charge on any atom is -0.478 e. The van der Waals surface area contributed by atoms with Crippen LogP contribution in [0.25, 0.3) is 0 Å². The van der Waals surface area contributed by atoms with Crippen LogP contribution in [0.2, 0.25) is 0 Å². The minimum absolute atomic E-state index is 0.0875. The molecule has 0 aromatic heterocycles. The maximum Gasteiger partial charge on any atom is 0.336 e. The minimum atomic E-state index is -1.04. The molecule has 1 amide bonds. The number of hydrogen-bond acceptors (Lipinski definition) is 4. The van der Waals surface area contributed by atoms with E-state index < -0.39 is 11.9 Å². The number of carboxylic acids is 1. The van der Waals surface area contributed by atoms with Gasteiger partial charge in [-0.1, -0.05) is 78.5 Å². The van der Waals surface area contributed by atoms with Crippen molar-refractivity contribution in [1.82, 2.24) is 0 Å². The third kappa shape index (κ3) is 6.06. The molecule has 0 aliphatic heterocycles. The van der Waals surface area contributed by atoms with E-state index in [1.807, 2.05) is 36.4 Å². The molecule has 0 bridgehead atoms. The normalized spacial score (nSPS) is 11.5. The third-order valence-corrected chi connectivity index (χ3v) is 6.01. The van der Waals surface area contributed by atoms with Crippen molar-refractivity contribution >= 4 is 34.4 Å².